The lowest BCUT2D eigenvalue weighted by Crippen LogP contribution is -2.20. The number of amides is 1. The van der Waals surface area contributed by atoms with Gasteiger partial charge in [-0.1, -0.05) is 17.8 Å². The average Bonchev–Trinajstić information content (AvgIpc) is 3.23. The summed E-state index contributed by atoms with van der Waals surface area (Å²) < 4.78 is 28.6. The number of halogens is 2. The van der Waals surface area contributed by atoms with Crippen LogP contribution in [0.25, 0.3) is 0 Å². The van der Waals surface area contributed by atoms with Crippen LogP contribution in [0.4, 0.5) is 8.78 Å². The summed E-state index contributed by atoms with van der Waals surface area (Å²) in [6, 6.07) is 3.49. The summed E-state index contributed by atoms with van der Waals surface area (Å²) in [6.07, 6.45) is 2.04. The number of nitrogens with zero attached hydrogens (tertiary/aromatic N) is 3. The molecule has 2 N–H and O–H groups in total. The summed E-state index contributed by atoms with van der Waals surface area (Å²) in [5, 5.41) is 8.47. The summed E-state index contributed by atoms with van der Waals surface area (Å²) >= 11 is 1.27. The molecule has 2 aromatic rings. The molecule has 1 heterocycles. The molecule has 1 atom stereocenters. The third-order valence-electron chi connectivity index (χ3n) is 3.68. The van der Waals surface area contributed by atoms with Crippen molar-refractivity contribution in [1.29, 1.82) is 0 Å². The number of thioether (sulfide) groups is 1. The van der Waals surface area contributed by atoms with Crippen LogP contribution in [0.15, 0.2) is 23.4 Å². The molecule has 8 heteroatoms. The second-order valence-electron chi connectivity index (χ2n) is 5.59. The molecule has 23 heavy (non-hydrogen) atoms. The van der Waals surface area contributed by atoms with Gasteiger partial charge in [-0.25, -0.2) is 8.78 Å². The van der Waals surface area contributed by atoms with E-state index >= 15 is 0 Å². The SMILES string of the molecule is C[C@H](Sc1nnc(C2CC2)n1CC(N)=O)c1ccc(F)cc1F. The van der Waals surface area contributed by atoms with E-state index in [1.807, 2.05) is 0 Å². The summed E-state index contributed by atoms with van der Waals surface area (Å²) in [5.74, 6) is -0.633. The zero-order valence-corrected chi connectivity index (χ0v) is 13.3. The van der Waals surface area contributed by atoms with E-state index in [2.05, 4.69) is 10.2 Å². The van der Waals surface area contributed by atoms with Gasteiger partial charge in [0.15, 0.2) is 5.16 Å². The molecule has 5 nitrogen and oxygen atoms in total. The standard InChI is InChI=1S/C15H16F2N4OS/c1-8(11-5-4-10(16)6-12(11)17)23-15-20-19-14(9-2-3-9)21(15)7-13(18)22/h4-6,8-9H,2-3,7H2,1H3,(H2,18,22)/t8-/m0/s1. The minimum absolute atomic E-state index is 0.000212. The van der Waals surface area contributed by atoms with E-state index in [0.717, 1.165) is 24.7 Å². The highest BCUT2D eigenvalue weighted by Gasteiger charge is 2.31. The summed E-state index contributed by atoms with van der Waals surface area (Å²) in [6.45, 7) is 1.79. The van der Waals surface area contributed by atoms with Gasteiger partial charge in [-0.2, -0.15) is 0 Å². The molecule has 1 aromatic heterocycles. The van der Waals surface area contributed by atoms with Crippen LogP contribution in [0.3, 0.4) is 0 Å². The lowest BCUT2D eigenvalue weighted by molar-refractivity contribution is -0.118. The Morgan fingerprint density at radius 3 is 2.78 bits per heavy atom. The molecule has 0 aliphatic heterocycles. The first-order valence-corrected chi connectivity index (χ1v) is 8.16. The van der Waals surface area contributed by atoms with Crippen LogP contribution in [0.1, 0.15) is 42.3 Å². The minimum atomic E-state index is -0.614. The topological polar surface area (TPSA) is 73.8 Å². The predicted octanol–water partition coefficient (Wildman–Crippen LogP) is 2.77. The van der Waals surface area contributed by atoms with Crippen LogP contribution in [-0.4, -0.2) is 20.7 Å². The van der Waals surface area contributed by atoms with Gasteiger partial charge in [-0.3, -0.25) is 9.36 Å². The molecule has 0 spiro atoms. The quantitative estimate of drug-likeness (QED) is 0.822. The Bertz CT molecular complexity index is 745. The van der Waals surface area contributed by atoms with Crippen molar-refractivity contribution in [2.24, 2.45) is 5.73 Å². The number of benzene rings is 1. The summed E-state index contributed by atoms with van der Waals surface area (Å²) in [5.41, 5.74) is 5.67. The van der Waals surface area contributed by atoms with E-state index in [4.69, 9.17) is 5.73 Å². The number of carbonyl (C=O) groups excluding carboxylic acids is 1. The summed E-state index contributed by atoms with van der Waals surface area (Å²) in [7, 11) is 0. The molecule has 1 saturated carbocycles. The normalized spacial score (nSPS) is 15.6. The van der Waals surface area contributed by atoms with Gasteiger partial charge in [0.1, 0.15) is 24.0 Å². The molecule has 1 aliphatic rings. The number of rotatable bonds is 6. The van der Waals surface area contributed by atoms with Crippen molar-refractivity contribution in [1.82, 2.24) is 14.8 Å². The van der Waals surface area contributed by atoms with Gasteiger partial charge in [0.2, 0.25) is 5.91 Å². The van der Waals surface area contributed by atoms with Gasteiger partial charge in [0.05, 0.1) is 0 Å². The molecule has 0 unspecified atom stereocenters. The van der Waals surface area contributed by atoms with Crippen LogP contribution in [-0.2, 0) is 11.3 Å². The minimum Gasteiger partial charge on any atom is -0.368 e. The zero-order valence-electron chi connectivity index (χ0n) is 12.5. The molecule has 122 valence electrons. The van der Waals surface area contributed by atoms with Gasteiger partial charge in [0.25, 0.3) is 0 Å². The molecule has 0 saturated heterocycles. The molecular weight excluding hydrogens is 322 g/mol. The second-order valence-corrected chi connectivity index (χ2v) is 6.90. The highest BCUT2D eigenvalue weighted by Crippen LogP contribution is 2.42. The van der Waals surface area contributed by atoms with Crippen molar-refractivity contribution in [2.75, 3.05) is 0 Å². The van der Waals surface area contributed by atoms with Crippen LogP contribution in [0.2, 0.25) is 0 Å². The van der Waals surface area contributed by atoms with Crippen molar-refractivity contribution in [2.45, 2.75) is 42.6 Å². The molecule has 1 fully saturated rings. The number of aromatic nitrogens is 3. The van der Waals surface area contributed by atoms with Crippen LogP contribution in [0, 0.1) is 11.6 Å². The van der Waals surface area contributed by atoms with Crippen molar-refractivity contribution >= 4 is 17.7 Å². The fourth-order valence-electron chi connectivity index (χ4n) is 2.39. The maximum atomic E-state index is 13.9. The molecule has 1 aromatic carbocycles. The predicted molar refractivity (Wildman–Crippen MR) is 81.8 cm³/mol. The second kappa shape index (κ2) is 6.27. The van der Waals surface area contributed by atoms with Crippen LogP contribution < -0.4 is 5.73 Å². The van der Waals surface area contributed by atoms with E-state index in [0.29, 0.717) is 16.6 Å². The van der Waals surface area contributed by atoms with Gasteiger partial charge in [0, 0.05) is 22.8 Å². The maximum absolute atomic E-state index is 13.9. The zero-order chi connectivity index (χ0) is 16.6. The van der Waals surface area contributed by atoms with E-state index < -0.39 is 17.5 Å². The van der Waals surface area contributed by atoms with E-state index in [1.54, 1.807) is 11.5 Å². The lowest BCUT2D eigenvalue weighted by atomic mass is 10.1. The molecule has 0 bridgehead atoms. The van der Waals surface area contributed by atoms with E-state index in [1.165, 1.54) is 23.9 Å². The fourth-order valence-corrected chi connectivity index (χ4v) is 3.40. The van der Waals surface area contributed by atoms with Crippen LogP contribution in [0.5, 0.6) is 0 Å². The van der Waals surface area contributed by atoms with Crippen LogP contribution >= 0.6 is 11.8 Å². The Balaban J connectivity index is 1.85. The molecule has 1 amide bonds. The van der Waals surface area contributed by atoms with Gasteiger partial charge in [-0.15, -0.1) is 10.2 Å². The lowest BCUT2D eigenvalue weighted by Gasteiger charge is -2.13. The fraction of sp³-hybridized carbons (Fsp3) is 0.400. The smallest absolute Gasteiger partial charge is 0.237 e. The number of nitrogens with two attached hydrogens (primary N) is 1. The Morgan fingerprint density at radius 2 is 2.17 bits per heavy atom. The van der Waals surface area contributed by atoms with Crippen molar-refractivity contribution in [3.63, 3.8) is 0 Å². The monoisotopic (exact) mass is 338 g/mol. The summed E-state index contributed by atoms with van der Waals surface area (Å²) in [4.78, 5) is 11.3. The number of primary amides is 1. The Morgan fingerprint density at radius 1 is 1.43 bits per heavy atom. The van der Waals surface area contributed by atoms with E-state index in [9.17, 15) is 13.6 Å². The first kappa shape index (κ1) is 15.9. The number of carbonyl (C=O) groups is 1. The molecule has 3 rings (SSSR count). The third-order valence-corrected chi connectivity index (χ3v) is 4.80. The number of hydrogen-bond donors (Lipinski definition) is 1. The average molecular weight is 338 g/mol. The van der Waals surface area contributed by atoms with Crippen molar-refractivity contribution in [3.05, 3.63) is 41.2 Å². The molecule has 0 radical (unpaired) electrons. The Kier molecular flexibility index (Phi) is 4.34. The third kappa shape index (κ3) is 3.52. The Labute approximate surface area is 136 Å². The number of hydrogen-bond acceptors (Lipinski definition) is 4. The van der Waals surface area contributed by atoms with Crippen molar-refractivity contribution < 1.29 is 13.6 Å². The Hall–Kier alpha value is -1.96. The maximum Gasteiger partial charge on any atom is 0.237 e. The van der Waals surface area contributed by atoms with Gasteiger partial charge in [-0.05, 0) is 25.8 Å². The van der Waals surface area contributed by atoms with Gasteiger partial charge < -0.3 is 5.73 Å². The highest BCUT2D eigenvalue weighted by molar-refractivity contribution is 7.99. The highest BCUT2D eigenvalue weighted by atomic mass is 32.2. The van der Waals surface area contributed by atoms with Gasteiger partial charge >= 0.3 is 0 Å². The molecular formula is C15H16F2N4OS. The first-order valence-electron chi connectivity index (χ1n) is 7.28. The van der Waals surface area contributed by atoms with E-state index in [-0.39, 0.29) is 11.8 Å². The largest absolute Gasteiger partial charge is 0.368 e. The molecule has 1 aliphatic carbocycles. The first-order chi connectivity index (χ1) is 11.0. The van der Waals surface area contributed by atoms with Crippen molar-refractivity contribution in [3.8, 4) is 0 Å².